The summed E-state index contributed by atoms with van der Waals surface area (Å²) in [5, 5.41) is 0.696. The smallest absolute Gasteiger partial charge is 0.227 e. The minimum absolute atomic E-state index is 0.0960. The summed E-state index contributed by atoms with van der Waals surface area (Å²) in [6.45, 7) is 8.73. The van der Waals surface area contributed by atoms with Gasteiger partial charge in [-0.3, -0.25) is 9.69 Å². The molecule has 2 N–H and O–H groups in total. The molecular formula is C32H38ClFN4O. The van der Waals surface area contributed by atoms with E-state index in [9.17, 15) is 4.79 Å². The summed E-state index contributed by atoms with van der Waals surface area (Å²) in [5.74, 6) is 0.0780. The quantitative estimate of drug-likeness (QED) is 0.411. The second kappa shape index (κ2) is 12.1. The summed E-state index contributed by atoms with van der Waals surface area (Å²) in [6, 6.07) is 23.2. The Kier molecular flexibility index (Phi) is 8.55. The number of likely N-dealkylation sites (tertiary alicyclic amines) is 1. The van der Waals surface area contributed by atoms with E-state index < -0.39 is 0 Å². The topological polar surface area (TPSA) is 52.8 Å². The van der Waals surface area contributed by atoms with Gasteiger partial charge in [-0.1, -0.05) is 80.0 Å². The van der Waals surface area contributed by atoms with Crippen LogP contribution in [-0.4, -0.2) is 55.0 Å². The predicted octanol–water partition coefficient (Wildman–Crippen LogP) is 5.70. The van der Waals surface area contributed by atoms with E-state index >= 15 is 4.39 Å². The molecule has 0 aliphatic carbocycles. The largest absolute Gasteiger partial charge is 0.365 e. The van der Waals surface area contributed by atoms with Crippen LogP contribution in [0.5, 0.6) is 0 Å². The number of carbonyl (C=O) groups is 1. The Morgan fingerprint density at radius 3 is 2.31 bits per heavy atom. The van der Waals surface area contributed by atoms with Crippen LogP contribution in [0, 0.1) is 17.7 Å². The van der Waals surface area contributed by atoms with Gasteiger partial charge in [-0.25, -0.2) is 4.39 Å². The third-order valence-corrected chi connectivity index (χ3v) is 8.51. The summed E-state index contributed by atoms with van der Waals surface area (Å²) < 4.78 is 15.1. The fourth-order valence-electron chi connectivity index (χ4n) is 6.03. The van der Waals surface area contributed by atoms with Gasteiger partial charge in [0.25, 0.3) is 0 Å². The molecule has 5 rings (SSSR count). The average Bonchev–Trinajstić information content (AvgIpc) is 3.36. The molecule has 39 heavy (non-hydrogen) atoms. The molecule has 2 aliphatic heterocycles. The molecule has 2 unspecified atom stereocenters. The van der Waals surface area contributed by atoms with Crippen molar-refractivity contribution in [1.82, 2.24) is 9.80 Å². The van der Waals surface area contributed by atoms with E-state index in [1.807, 2.05) is 29.2 Å². The number of nitrogens with zero attached hydrogens (tertiary/aromatic N) is 3. The normalized spacial score (nSPS) is 21.0. The molecule has 1 amide bonds. The van der Waals surface area contributed by atoms with E-state index in [-0.39, 0.29) is 35.5 Å². The van der Waals surface area contributed by atoms with Crippen LogP contribution in [0.1, 0.15) is 42.5 Å². The molecular weight excluding hydrogens is 511 g/mol. The van der Waals surface area contributed by atoms with Gasteiger partial charge in [-0.2, -0.15) is 0 Å². The average molecular weight is 549 g/mol. The highest BCUT2D eigenvalue weighted by Crippen LogP contribution is 2.37. The second-order valence-electron chi connectivity index (χ2n) is 11.2. The predicted molar refractivity (Wildman–Crippen MR) is 156 cm³/mol. The number of halogens is 2. The van der Waals surface area contributed by atoms with Gasteiger partial charge in [0.05, 0.1) is 11.6 Å². The Morgan fingerprint density at radius 1 is 0.949 bits per heavy atom. The van der Waals surface area contributed by atoms with Crippen LogP contribution in [0.3, 0.4) is 0 Å². The van der Waals surface area contributed by atoms with Crippen molar-refractivity contribution in [3.63, 3.8) is 0 Å². The number of hydrogen-bond acceptors (Lipinski definition) is 4. The van der Waals surface area contributed by atoms with Crippen molar-refractivity contribution >= 4 is 23.2 Å². The van der Waals surface area contributed by atoms with Crippen LogP contribution in [-0.2, 0) is 11.3 Å². The lowest BCUT2D eigenvalue weighted by Gasteiger charge is -2.39. The maximum absolute atomic E-state index is 15.1. The Morgan fingerprint density at radius 2 is 1.64 bits per heavy atom. The monoisotopic (exact) mass is 548 g/mol. The first-order valence-electron chi connectivity index (χ1n) is 13.9. The molecule has 2 aliphatic rings. The molecule has 7 heteroatoms. The Labute approximate surface area is 236 Å². The molecule has 3 atom stereocenters. The molecule has 0 saturated carbocycles. The van der Waals surface area contributed by atoms with E-state index in [1.54, 1.807) is 6.07 Å². The van der Waals surface area contributed by atoms with Crippen molar-refractivity contribution in [3.8, 4) is 0 Å². The van der Waals surface area contributed by atoms with E-state index in [0.29, 0.717) is 43.4 Å². The maximum Gasteiger partial charge on any atom is 0.227 e. The number of para-hydroxylation sites is 1. The summed E-state index contributed by atoms with van der Waals surface area (Å²) in [4.78, 5) is 20.4. The fraction of sp³-hybridized carbons (Fsp3) is 0.406. The highest BCUT2D eigenvalue weighted by molar-refractivity contribution is 6.30. The SMILES string of the molecule is CC(C)[C@H](N)c1cccc(F)c1N1CCN(C(=O)C2CN(Cc3ccccc3)CC2c2ccc(Cl)cc2)CC1. The number of carbonyl (C=O) groups excluding carboxylic acids is 1. The number of benzene rings is 3. The molecule has 2 heterocycles. The fourth-order valence-corrected chi connectivity index (χ4v) is 6.16. The zero-order valence-electron chi connectivity index (χ0n) is 22.8. The highest BCUT2D eigenvalue weighted by Gasteiger charge is 2.41. The summed E-state index contributed by atoms with van der Waals surface area (Å²) in [7, 11) is 0. The van der Waals surface area contributed by atoms with Gasteiger partial charge in [0, 0.05) is 62.8 Å². The van der Waals surface area contributed by atoms with Gasteiger partial charge >= 0.3 is 0 Å². The molecule has 0 bridgehead atoms. The van der Waals surface area contributed by atoms with Gasteiger partial charge in [-0.05, 0) is 40.8 Å². The Bertz CT molecular complexity index is 1260. The first-order valence-corrected chi connectivity index (χ1v) is 14.3. The second-order valence-corrected chi connectivity index (χ2v) is 11.6. The third-order valence-electron chi connectivity index (χ3n) is 8.26. The number of amides is 1. The van der Waals surface area contributed by atoms with Crippen LogP contribution >= 0.6 is 11.6 Å². The molecule has 0 aromatic heterocycles. The molecule has 3 aromatic carbocycles. The summed E-state index contributed by atoms with van der Waals surface area (Å²) in [6.07, 6.45) is 0. The van der Waals surface area contributed by atoms with Crippen LogP contribution in [0.15, 0.2) is 72.8 Å². The zero-order chi connectivity index (χ0) is 27.5. The Hall–Kier alpha value is -2.93. The number of hydrogen-bond donors (Lipinski definition) is 1. The van der Waals surface area contributed by atoms with Crippen LogP contribution in [0.4, 0.5) is 10.1 Å². The summed E-state index contributed by atoms with van der Waals surface area (Å²) in [5.41, 5.74) is 10.3. The van der Waals surface area contributed by atoms with Crippen molar-refractivity contribution in [2.24, 2.45) is 17.6 Å². The lowest BCUT2D eigenvalue weighted by atomic mass is 9.88. The van der Waals surface area contributed by atoms with Gasteiger partial charge < -0.3 is 15.5 Å². The van der Waals surface area contributed by atoms with Gasteiger partial charge in [-0.15, -0.1) is 0 Å². The number of nitrogens with two attached hydrogens (primary N) is 1. The van der Waals surface area contributed by atoms with Gasteiger partial charge in [0.15, 0.2) is 0 Å². The lowest BCUT2D eigenvalue weighted by molar-refractivity contribution is -0.135. The number of anilines is 1. The molecule has 2 saturated heterocycles. The first kappa shape index (κ1) is 27.6. The standard InChI is InChI=1S/C32H38ClFN4O/c1-22(2)30(35)26-9-6-10-29(34)31(26)37-15-17-38(18-16-37)32(39)28-21-36(19-23-7-4-3-5-8-23)20-27(28)24-11-13-25(33)14-12-24/h3-14,22,27-28,30H,15-21,35H2,1-2H3/t27?,28?,30-/m0/s1. The Balaban J connectivity index is 1.31. The van der Waals surface area contributed by atoms with Crippen molar-refractivity contribution in [2.75, 3.05) is 44.2 Å². The van der Waals surface area contributed by atoms with E-state index in [1.165, 1.54) is 11.6 Å². The van der Waals surface area contributed by atoms with Crippen LogP contribution in [0.25, 0.3) is 0 Å². The maximum atomic E-state index is 15.1. The number of rotatable bonds is 7. The van der Waals surface area contributed by atoms with Crippen molar-refractivity contribution in [3.05, 3.63) is 100 Å². The van der Waals surface area contributed by atoms with Gasteiger partial charge in [0.2, 0.25) is 5.91 Å². The molecule has 5 nitrogen and oxygen atoms in total. The first-order chi connectivity index (χ1) is 18.8. The molecule has 0 spiro atoms. The van der Waals surface area contributed by atoms with Crippen molar-refractivity contribution in [1.29, 1.82) is 0 Å². The van der Waals surface area contributed by atoms with E-state index in [4.69, 9.17) is 17.3 Å². The van der Waals surface area contributed by atoms with Gasteiger partial charge in [0.1, 0.15) is 5.82 Å². The highest BCUT2D eigenvalue weighted by atomic mass is 35.5. The lowest BCUT2D eigenvalue weighted by Crippen LogP contribution is -2.51. The molecule has 2 fully saturated rings. The van der Waals surface area contributed by atoms with Crippen LogP contribution in [0.2, 0.25) is 5.02 Å². The molecule has 0 radical (unpaired) electrons. The minimum atomic E-state index is -0.251. The zero-order valence-corrected chi connectivity index (χ0v) is 23.5. The summed E-state index contributed by atoms with van der Waals surface area (Å²) >= 11 is 6.17. The van der Waals surface area contributed by atoms with Crippen LogP contribution < -0.4 is 10.6 Å². The molecule has 3 aromatic rings. The minimum Gasteiger partial charge on any atom is -0.365 e. The molecule has 206 valence electrons. The third kappa shape index (κ3) is 6.13. The number of piperazine rings is 1. The van der Waals surface area contributed by atoms with E-state index in [2.05, 4.69) is 60.0 Å². The van der Waals surface area contributed by atoms with Crippen molar-refractivity contribution in [2.45, 2.75) is 32.4 Å². The van der Waals surface area contributed by atoms with Crippen molar-refractivity contribution < 1.29 is 9.18 Å². The van der Waals surface area contributed by atoms with E-state index in [0.717, 1.165) is 24.2 Å².